The molecule has 0 fully saturated rings. The molecule has 24 heavy (non-hydrogen) atoms. The van der Waals surface area contributed by atoms with Gasteiger partial charge in [0.15, 0.2) is 0 Å². The maximum absolute atomic E-state index is 12.4. The Morgan fingerprint density at radius 3 is 2.42 bits per heavy atom. The third-order valence-electron chi connectivity index (χ3n) is 3.49. The Morgan fingerprint density at radius 1 is 1.17 bits per heavy atom. The van der Waals surface area contributed by atoms with E-state index in [4.69, 9.17) is 11.6 Å². The number of rotatable bonds is 7. The number of hydrogen-bond acceptors (Lipinski definition) is 4. The van der Waals surface area contributed by atoms with Gasteiger partial charge in [0.1, 0.15) is 0 Å². The van der Waals surface area contributed by atoms with Crippen LogP contribution in [0.5, 0.6) is 0 Å². The van der Waals surface area contributed by atoms with E-state index in [2.05, 4.69) is 11.6 Å². The van der Waals surface area contributed by atoms with Gasteiger partial charge in [-0.3, -0.25) is 4.72 Å². The number of nitrogens with one attached hydrogen (secondary N) is 1. The van der Waals surface area contributed by atoms with E-state index >= 15 is 0 Å². The largest absolute Gasteiger partial charge is 0.545 e. The molecule has 2 aromatic rings. The lowest BCUT2D eigenvalue weighted by molar-refractivity contribution is -0.255. The SMILES string of the molecule is CCCCc1ccc(NS(=O)(=O)c2ccc(Cl)c(C(=O)[O-])c2)cc1. The highest BCUT2D eigenvalue weighted by Crippen LogP contribution is 2.22. The molecule has 0 saturated heterocycles. The van der Waals surface area contributed by atoms with Gasteiger partial charge >= 0.3 is 0 Å². The zero-order valence-corrected chi connectivity index (χ0v) is 14.7. The molecular formula is C17H17ClNO4S-. The zero-order chi connectivity index (χ0) is 17.7. The molecule has 7 heteroatoms. The van der Waals surface area contributed by atoms with Gasteiger partial charge in [-0.1, -0.05) is 37.1 Å². The Hall–Kier alpha value is -2.05. The standard InChI is InChI=1S/C17H18ClNO4S/c1-2-3-4-12-5-7-13(8-6-12)19-24(22,23)14-9-10-16(18)15(11-14)17(20)21/h5-11,19H,2-4H2,1H3,(H,20,21)/p-1. The van der Waals surface area contributed by atoms with Crippen LogP contribution >= 0.6 is 11.6 Å². The quantitative estimate of drug-likeness (QED) is 0.816. The normalized spacial score (nSPS) is 11.2. The number of carbonyl (C=O) groups is 1. The molecule has 0 aliphatic rings. The van der Waals surface area contributed by atoms with Crippen LogP contribution < -0.4 is 9.83 Å². The summed E-state index contributed by atoms with van der Waals surface area (Å²) in [5, 5.41) is 10.9. The topological polar surface area (TPSA) is 86.3 Å². The molecule has 0 aliphatic carbocycles. The summed E-state index contributed by atoms with van der Waals surface area (Å²) in [7, 11) is -3.92. The van der Waals surface area contributed by atoms with E-state index in [0.29, 0.717) is 5.69 Å². The molecule has 0 aliphatic heterocycles. The van der Waals surface area contributed by atoms with Crippen molar-refractivity contribution in [3.8, 4) is 0 Å². The third-order valence-corrected chi connectivity index (χ3v) is 5.20. The van der Waals surface area contributed by atoms with Gasteiger partial charge in [-0.25, -0.2) is 8.42 Å². The van der Waals surface area contributed by atoms with E-state index in [1.54, 1.807) is 12.1 Å². The number of hydrogen-bond donors (Lipinski definition) is 1. The maximum Gasteiger partial charge on any atom is 0.261 e. The van der Waals surface area contributed by atoms with Crippen molar-refractivity contribution in [2.45, 2.75) is 31.1 Å². The number of benzene rings is 2. The molecule has 2 aromatic carbocycles. The fourth-order valence-electron chi connectivity index (χ4n) is 2.16. The highest BCUT2D eigenvalue weighted by Gasteiger charge is 2.16. The third kappa shape index (κ3) is 4.49. The summed E-state index contributed by atoms with van der Waals surface area (Å²) in [6.45, 7) is 2.11. The number of carbonyl (C=O) groups excluding carboxylic acids is 1. The fraction of sp³-hybridized carbons (Fsp3) is 0.235. The fourth-order valence-corrected chi connectivity index (χ4v) is 3.44. The van der Waals surface area contributed by atoms with Crippen molar-refractivity contribution in [1.82, 2.24) is 0 Å². The molecule has 0 aromatic heterocycles. The van der Waals surface area contributed by atoms with Gasteiger partial charge in [0, 0.05) is 16.3 Å². The molecular weight excluding hydrogens is 350 g/mol. The minimum absolute atomic E-state index is 0.0748. The second kappa shape index (κ2) is 7.68. The van der Waals surface area contributed by atoms with Crippen LogP contribution in [0.1, 0.15) is 35.7 Å². The van der Waals surface area contributed by atoms with Crippen LogP contribution in [0.2, 0.25) is 5.02 Å². The minimum atomic E-state index is -3.92. The van der Waals surface area contributed by atoms with Crippen molar-refractivity contribution in [3.05, 3.63) is 58.6 Å². The Kier molecular flexibility index (Phi) is 5.85. The predicted molar refractivity (Wildman–Crippen MR) is 91.6 cm³/mol. The number of anilines is 1. The van der Waals surface area contributed by atoms with E-state index in [0.717, 1.165) is 30.9 Å². The summed E-state index contributed by atoms with van der Waals surface area (Å²) < 4.78 is 27.2. The summed E-state index contributed by atoms with van der Waals surface area (Å²) in [4.78, 5) is 10.8. The first kappa shape index (κ1) is 18.3. The first-order valence-corrected chi connectivity index (χ1v) is 9.32. The number of sulfonamides is 1. The molecule has 0 atom stereocenters. The van der Waals surface area contributed by atoms with Gasteiger partial charge in [0.05, 0.1) is 10.9 Å². The van der Waals surface area contributed by atoms with Crippen LogP contribution in [0, 0.1) is 0 Å². The molecule has 1 N–H and O–H groups in total. The van der Waals surface area contributed by atoms with Crippen LogP contribution in [0.4, 0.5) is 5.69 Å². The average molecular weight is 367 g/mol. The van der Waals surface area contributed by atoms with Crippen molar-refractivity contribution in [3.63, 3.8) is 0 Å². The lowest BCUT2D eigenvalue weighted by Gasteiger charge is -2.11. The van der Waals surface area contributed by atoms with Crippen molar-refractivity contribution in [1.29, 1.82) is 0 Å². The molecule has 0 saturated carbocycles. The van der Waals surface area contributed by atoms with Gasteiger partial charge in [0.25, 0.3) is 10.0 Å². The van der Waals surface area contributed by atoms with Crippen LogP contribution in [0.3, 0.4) is 0 Å². The Bertz CT molecular complexity index is 832. The van der Waals surface area contributed by atoms with Crippen molar-refractivity contribution >= 4 is 33.3 Å². The van der Waals surface area contributed by atoms with E-state index in [1.165, 1.54) is 12.1 Å². The van der Waals surface area contributed by atoms with Gasteiger partial charge in [0.2, 0.25) is 0 Å². The maximum atomic E-state index is 12.4. The zero-order valence-electron chi connectivity index (χ0n) is 13.1. The first-order valence-electron chi connectivity index (χ1n) is 7.46. The molecule has 2 rings (SSSR count). The number of carboxylic acids is 1. The van der Waals surface area contributed by atoms with Gasteiger partial charge < -0.3 is 9.90 Å². The van der Waals surface area contributed by atoms with Crippen molar-refractivity contribution < 1.29 is 18.3 Å². The highest BCUT2D eigenvalue weighted by atomic mass is 35.5. The summed E-state index contributed by atoms with van der Waals surface area (Å²) in [5.41, 5.74) is 1.17. The van der Waals surface area contributed by atoms with Gasteiger partial charge in [-0.15, -0.1) is 0 Å². The number of carboxylic acid groups (broad SMARTS) is 1. The molecule has 0 amide bonds. The molecule has 5 nitrogen and oxygen atoms in total. The minimum Gasteiger partial charge on any atom is -0.545 e. The Labute approximate surface area is 146 Å². The second-order valence-electron chi connectivity index (χ2n) is 5.34. The van der Waals surface area contributed by atoms with Crippen molar-refractivity contribution in [2.24, 2.45) is 0 Å². The van der Waals surface area contributed by atoms with Crippen molar-refractivity contribution in [2.75, 3.05) is 4.72 Å². The Morgan fingerprint density at radius 2 is 1.83 bits per heavy atom. The van der Waals surface area contributed by atoms with Crippen LogP contribution in [0.15, 0.2) is 47.4 Å². The van der Waals surface area contributed by atoms with E-state index < -0.39 is 16.0 Å². The summed E-state index contributed by atoms with van der Waals surface area (Å²) in [6, 6.07) is 10.5. The lowest BCUT2D eigenvalue weighted by atomic mass is 10.1. The molecule has 0 spiro atoms. The van der Waals surface area contributed by atoms with Gasteiger partial charge in [-0.2, -0.15) is 0 Å². The lowest BCUT2D eigenvalue weighted by Crippen LogP contribution is -2.23. The number of halogens is 1. The van der Waals surface area contributed by atoms with E-state index in [9.17, 15) is 18.3 Å². The van der Waals surface area contributed by atoms with E-state index in [-0.39, 0.29) is 15.5 Å². The Balaban J connectivity index is 2.22. The van der Waals surface area contributed by atoms with Crippen LogP contribution in [-0.4, -0.2) is 14.4 Å². The summed E-state index contributed by atoms with van der Waals surface area (Å²) in [5.74, 6) is -1.53. The molecule has 128 valence electrons. The molecule has 0 unspecified atom stereocenters. The smallest absolute Gasteiger partial charge is 0.261 e. The molecule has 0 bridgehead atoms. The number of aromatic carboxylic acids is 1. The van der Waals surface area contributed by atoms with Gasteiger partial charge in [-0.05, 0) is 48.7 Å². The molecule has 0 radical (unpaired) electrons. The second-order valence-corrected chi connectivity index (χ2v) is 7.42. The van der Waals surface area contributed by atoms with E-state index in [1.807, 2.05) is 12.1 Å². The number of unbranched alkanes of at least 4 members (excludes halogenated alkanes) is 1. The molecule has 0 heterocycles. The summed E-state index contributed by atoms with van der Waals surface area (Å²) >= 11 is 5.72. The first-order chi connectivity index (χ1) is 11.3. The predicted octanol–water partition coefficient (Wildman–Crippen LogP) is 2.85. The average Bonchev–Trinajstić information content (AvgIpc) is 2.54. The highest BCUT2D eigenvalue weighted by molar-refractivity contribution is 7.92. The monoisotopic (exact) mass is 366 g/mol. The number of aryl methyl sites for hydroxylation is 1. The van der Waals surface area contributed by atoms with Crippen LogP contribution in [0.25, 0.3) is 0 Å². The van der Waals surface area contributed by atoms with Crippen LogP contribution in [-0.2, 0) is 16.4 Å². The summed E-state index contributed by atoms with van der Waals surface area (Å²) in [6.07, 6.45) is 3.10.